The maximum atomic E-state index is 13.2. The third kappa shape index (κ3) is 6.08. The Hall–Kier alpha value is -4.19. The lowest BCUT2D eigenvalue weighted by atomic mass is 10.1. The van der Waals surface area contributed by atoms with E-state index in [0.29, 0.717) is 10.8 Å². The van der Waals surface area contributed by atoms with Gasteiger partial charge < -0.3 is 14.2 Å². The number of nitrogens with one attached hydrogen (secondary N) is 1. The van der Waals surface area contributed by atoms with Crippen LogP contribution in [0.2, 0.25) is 0 Å². The summed E-state index contributed by atoms with van der Waals surface area (Å²) in [5.74, 6) is -1.56. The van der Waals surface area contributed by atoms with Crippen molar-refractivity contribution >= 4 is 11.9 Å². The van der Waals surface area contributed by atoms with Crippen LogP contribution in [0.5, 0.6) is 0 Å². The second kappa shape index (κ2) is 11.0. The molecule has 1 aromatic heterocycles. The van der Waals surface area contributed by atoms with Crippen LogP contribution in [0.25, 0.3) is 0 Å². The Bertz CT molecular complexity index is 1300. The number of ether oxygens (including phenoxy) is 3. The molecule has 2 aromatic rings. The van der Waals surface area contributed by atoms with Crippen molar-refractivity contribution in [2.24, 2.45) is 0 Å². The van der Waals surface area contributed by atoms with Gasteiger partial charge in [-0.15, -0.1) is 0 Å². The van der Waals surface area contributed by atoms with Gasteiger partial charge >= 0.3 is 23.8 Å². The van der Waals surface area contributed by atoms with Crippen LogP contribution in [-0.2, 0) is 25.2 Å². The number of alkyl halides is 3. The summed E-state index contributed by atoms with van der Waals surface area (Å²) in [5, 5.41) is 0. The molecule has 0 bridgehead atoms. The monoisotopic (exact) mass is 506 g/mol. The minimum Gasteiger partial charge on any atom is -0.459 e. The topological polar surface area (TPSA) is 117 Å². The van der Waals surface area contributed by atoms with Crippen LogP contribution < -0.4 is 11.2 Å². The summed E-state index contributed by atoms with van der Waals surface area (Å²) in [7, 11) is 0. The number of allylic oxidation sites excluding steroid dienone is 2. The molecule has 1 fully saturated rings. The molecule has 12 heteroatoms. The van der Waals surface area contributed by atoms with E-state index in [1.807, 2.05) is 0 Å². The normalized spacial score (nSPS) is 20.0. The maximum Gasteiger partial charge on any atom is 0.423 e. The first-order chi connectivity index (χ1) is 17.0. The molecular formula is C24H21F3N2O7. The Kier molecular flexibility index (Phi) is 8.10. The van der Waals surface area contributed by atoms with Gasteiger partial charge in [-0.05, 0) is 18.2 Å². The van der Waals surface area contributed by atoms with Gasteiger partial charge in [0, 0.05) is 12.6 Å². The molecule has 0 aliphatic carbocycles. The third-order valence-electron chi connectivity index (χ3n) is 5.16. The first-order valence-corrected chi connectivity index (χ1v) is 10.5. The van der Waals surface area contributed by atoms with Gasteiger partial charge in [-0.1, -0.05) is 43.5 Å². The molecule has 0 saturated carbocycles. The molecule has 2 heterocycles. The Morgan fingerprint density at radius 1 is 1.19 bits per heavy atom. The number of carbonyl (C=O) groups excluding carboxylic acids is 2. The number of benzene rings is 1. The van der Waals surface area contributed by atoms with Crippen molar-refractivity contribution < 1.29 is 37.0 Å². The molecule has 36 heavy (non-hydrogen) atoms. The first kappa shape index (κ1) is 26.4. The summed E-state index contributed by atoms with van der Waals surface area (Å²) in [5.41, 5.74) is -4.11. The molecule has 0 amide bonds. The highest BCUT2D eigenvalue weighted by atomic mass is 19.4. The van der Waals surface area contributed by atoms with E-state index >= 15 is 0 Å². The van der Waals surface area contributed by atoms with Gasteiger partial charge in [0.1, 0.15) is 30.6 Å². The van der Waals surface area contributed by atoms with E-state index in [-0.39, 0.29) is 17.6 Å². The number of nitrogens with zero attached hydrogens (tertiary/aromatic N) is 1. The average Bonchev–Trinajstić information content (AvgIpc) is 3.22. The van der Waals surface area contributed by atoms with Gasteiger partial charge in [-0.3, -0.25) is 14.3 Å². The summed E-state index contributed by atoms with van der Waals surface area (Å²) < 4.78 is 56.5. The minimum absolute atomic E-state index is 0.0362. The lowest BCUT2D eigenvalue weighted by Gasteiger charge is -2.19. The highest BCUT2D eigenvalue weighted by molar-refractivity contribution is 5.92. The van der Waals surface area contributed by atoms with Crippen LogP contribution >= 0.6 is 0 Å². The van der Waals surface area contributed by atoms with Crippen LogP contribution in [0.3, 0.4) is 0 Å². The van der Waals surface area contributed by atoms with E-state index in [1.165, 1.54) is 30.4 Å². The predicted octanol–water partition coefficient (Wildman–Crippen LogP) is 2.91. The van der Waals surface area contributed by atoms with Crippen LogP contribution in [0, 0.1) is 0 Å². The highest BCUT2D eigenvalue weighted by Gasteiger charge is 2.42. The molecule has 1 aromatic carbocycles. The zero-order valence-corrected chi connectivity index (χ0v) is 18.7. The summed E-state index contributed by atoms with van der Waals surface area (Å²) in [6, 6.07) is 7.95. The summed E-state index contributed by atoms with van der Waals surface area (Å²) in [6.07, 6.45) is -4.77. The van der Waals surface area contributed by atoms with E-state index in [0.717, 1.165) is 0 Å². The smallest absolute Gasteiger partial charge is 0.423 e. The van der Waals surface area contributed by atoms with Crippen molar-refractivity contribution in [2.45, 2.75) is 31.0 Å². The Labute approximate surface area is 202 Å². The molecule has 0 radical (unpaired) electrons. The zero-order valence-electron chi connectivity index (χ0n) is 18.7. The van der Waals surface area contributed by atoms with E-state index in [4.69, 9.17) is 14.2 Å². The zero-order chi connectivity index (χ0) is 26.5. The quantitative estimate of drug-likeness (QED) is 0.332. The number of halogens is 3. The van der Waals surface area contributed by atoms with Crippen LogP contribution in [0.1, 0.15) is 28.6 Å². The number of hydrogen-bond donors (Lipinski definition) is 1. The Balaban J connectivity index is 1.88. The molecule has 9 nitrogen and oxygen atoms in total. The second-order valence-electron chi connectivity index (χ2n) is 7.54. The van der Waals surface area contributed by atoms with Gasteiger partial charge in [-0.25, -0.2) is 14.4 Å². The number of H-pyrrole nitrogens is 1. The number of aromatic amines is 1. The minimum atomic E-state index is -5.04. The molecule has 1 saturated heterocycles. The molecule has 3 rings (SSSR count). The van der Waals surface area contributed by atoms with Crippen molar-refractivity contribution in [3.05, 3.63) is 105 Å². The van der Waals surface area contributed by atoms with Gasteiger partial charge in [-0.2, -0.15) is 13.2 Å². The van der Waals surface area contributed by atoms with Crippen LogP contribution in [0.4, 0.5) is 13.2 Å². The summed E-state index contributed by atoms with van der Waals surface area (Å²) >= 11 is 0. The number of aromatic nitrogens is 2. The molecule has 1 aliphatic heterocycles. The van der Waals surface area contributed by atoms with Crippen LogP contribution in [0.15, 0.2) is 83.1 Å². The predicted molar refractivity (Wildman–Crippen MR) is 120 cm³/mol. The average molecular weight is 506 g/mol. The molecule has 3 atom stereocenters. The maximum absolute atomic E-state index is 13.2. The lowest BCUT2D eigenvalue weighted by Crippen LogP contribution is -2.36. The largest absolute Gasteiger partial charge is 0.459 e. The van der Waals surface area contributed by atoms with E-state index in [2.05, 4.69) is 13.2 Å². The number of esters is 2. The first-order valence-electron chi connectivity index (χ1n) is 10.5. The van der Waals surface area contributed by atoms with E-state index in [1.54, 1.807) is 23.2 Å². The Morgan fingerprint density at radius 2 is 1.89 bits per heavy atom. The van der Waals surface area contributed by atoms with Crippen molar-refractivity contribution in [1.29, 1.82) is 0 Å². The number of carbonyl (C=O) groups is 2. The third-order valence-corrected chi connectivity index (χ3v) is 5.16. The molecule has 1 unspecified atom stereocenters. The number of rotatable bonds is 8. The molecule has 0 spiro atoms. The molecule has 190 valence electrons. The fourth-order valence-corrected chi connectivity index (χ4v) is 3.41. The second-order valence-corrected chi connectivity index (χ2v) is 7.54. The fourth-order valence-electron chi connectivity index (χ4n) is 3.41. The highest BCUT2D eigenvalue weighted by Crippen LogP contribution is 2.32. The van der Waals surface area contributed by atoms with E-state index in [9.17, 15) is 32.3 Å². The van der Waals surface area contributed by atoms with Crippen molar-refractivity contribution in [1.82, 2.24) is 9.55 Å². The van der Waals surface area contributed by atoms with Gasteiger partial charge in [0.05, 0.1) is 11.1 Å². The van der Waals surface area contributed by atoms with Crippen LogP contribution in [-0.4, -0.2) is 40.3 Å². The SMILES string of the molecule is C=C/C=C(\C=C)C(=O)O[C@@H]1C[C@H](n2cc(C(F)(F)F)c(=O)[nH]c2=O)OC1COC(=O)c1ccccc1. The standard InChI is InChI=1S/C24H21F3N2O7/c1-3-8-14(4-2)22(32)36-17-11-19(29-12-16(24(25,26)27)20(30)28-23(29)33)35-18(17)13-34-21(31)15-9-6-5-7-10-15/h3-10,12,17-19H,1-2,11,13H2,(H,28,30,33)/b14-8+/t17-,18?,19-/m1/s1. The number of hydrogen-bond acceptors (Lipinski definition) is 7. The van der Waals surface area contributed by atoms with Gasteiger partial charge in [0.25, 0.3) is 5.56 Å². The van der Waals surface area contributed by atoms with E-state index < -0.39 is 60.0 Å². The Morgan fingerprint density at radius 3 is 2.50 bits per heavy atom. The van der Waals surface area contributed by atoms with Gasteiger partial charge in [0.2, 0.25) is 0 Å². The molecular weight excluding hydrogens is 485 g/mol. The van der Waals surface area contributed by atoms with Crippen molar-refractivity contribution in [3.8, 4) is 0 Å². The summed E-state index contributed by atoms with van der Waals surface area (Å²) in [4.78, 5) is 50.4. The van der Waals surface area contributed by atoms with Crippen molar-refractivity contribution in [2.75, 3.05) is 6.61 Å². The van der Waals surface area contributed by atoms with Crippen molar-refractivity contribution in [3.63, 3.8) is 0 Å². The fraction of sp³-hybridized carbons (Fsp3) is 0.250. The lowest BCUT2D eigenvalue weighted by molar-refractivity contribution is -0.148. The molecule has 1 N–H and O–H groups in total. The summed E-state index contributed by atoms with van der Waals surface area (Å²) in [6.45, 7) is 6.53. The van der Waals surface area contributed by atoms with Gasteiger partial charge in [0.15, 0.2) is 0 Å². The molecule has 1 aliphatic rings.